The average molecular weight is 318 g/mol. The van der Waals surface area contributed by atoms with Gasteiger partial charge >= 0.3 is 5.97 Å². The van der Waals surface area contributed by atoms with Gasteiger partial charge in [0.2, 0.25) is 5.91 Å². The Kier molecular flexibility index (Phi) is 6.59. The van der Waals surface area contributed by atoms with E-state index < -0.39 is 0 Å². The number of ether oxygens (including phenoxy) is 1. The molecule has 5 heteroatoms. The Balaban J connectivity index is 1.89. The highest BCUT2D eigenvalue weighted by Gasteiger charge is 2.32. The van der Waals surface area contributed by atoms with Gasteiger partial charge in [0.25, 0.3) is 0 Å². The summed E-state index contributed by atoms with van der Waals surface area (Å²) in [6, 6.07) is 9.70. The maximum absolute atomic E-state index is 12.8. The molecule has 1 heterocycles. The van der Waals surface area contributed by atoms with Crippen LogP contribution in [0.5, 0.6) is 0 Å². The Morgan fingerprint density at radius 2 is 2.09 bits per heavy atom. The molecule has 1 fully saturated rings. The van der Waals surface area contributed by atoms with Gasteiger partial charge in [-0.25, -0.2) is 0 Å². The van der Waals surface area contributed by atoms with Crippen LogP contribution in [0, 0.1) is 0 Å². The van der Waals surface area contributed by atoms with E-state index in [9.17, 15) is 9.59 Å². The molecule has 1 atom stereocenters. The zero-order valence-corrected chi connectivity index (χ0v) is 14.0. The van der Waals surface area contributed by atoms with Crippen molar-refractivity contribution in [3.63, 3.8) is 0 Å². The molecule has 0 saturated carbocycles. The minimum Gasteiger partial charge on any atom is -0.466 e. The molecule has 1 aliphatic heterocycles. The number of hydrogen-bond acceptors (Lipinski definition) is 4. The molecule has 1 saturated heterocycles. The summed E-state index contributed by atoms with van der Waals surface area (Å²) in [6.45, 7) is 3.72. The molecule has 1 unspecified atom stereocenters. The minimum atomic E-state index is -0.165. The van der Waals surface area contributed by atoms with Gasteiger partial charge in [0.05, 0.1) is 12.6 Å². The molecule has 23 heavy (non-hydrogen) atoms. The van der Waals surface area contributed by atoms with Crippen molar-refractivity contribution in [3.8, 4) is 0 Å². The number of rotatable bonds is 7. The third-order valence-corrected chi connectivity index (χ3v) is 4.21. The second-order valence-corrected chi connectivity index (χ2v) is 5.87. The summed E-state index contributed by atoms with van der Waals surface area (Å²) < 4.78 is 4.93. The summed E-state index contributed by atoms with van der Waals surface area (Å²) in [5, 5.41) is 0. The van der Waals surface area contributed by atoms with E-state index in [1.54, 1.807) is 0 Å². The molecular formula is C18H26N2O3. The lowest BCUT2D eigenvalue weighted by atomic mass is 10.0. The van der Waals surface area contributed by atoms with Gasteiger partial charge in [-0.3, -0.25) is 14.5 Å². The number of esters is 1. The van der Waals surface area contributed by atoms with Gasteiger partial charge in [-0.15, -0.1) is 0 Å². The number of carbonyl (C=O) groups excluding carboxylic acids is 2. The van der Waals surface area contributed by atoms with E-state index in [1.807, 2.05) is 49.2 Å². The van der Waals surface area contributed by atoms with Gasteiger partial charge in [-0.2, -0.15) is 0 Å². The lowest BCUT2D eigenvalue weighted by Gasteiger charge is -2.36. The molecule has 0 radical (unpaired) electrons. The highest BCUT2D eigenvalue weighted by molar-refractivity contribution is 5.97. The van der Waals surface area contributed by atoms with Crippen LogP contribution >= 0.6 is 0 Å². The largest absolute Gasteiger partial charge is 0.466 e. The number of amides is 1. The Morgan fingerprint density at radius 3 is 2.78 bits per heavy atom. The first-order valence-electron chi connectivity index (χ1n) is 8.35. The molecule has 0 bridgehead atoms. The lowest BCUT2D eigenvalue weighted by Crippen LogP contribution is -2.51. The fourth-order valence-corrected chi connectivity index (χ4v) is 2.99. The average Bonchev–Trinajstić information content (AvgIpc) is 2.56. The van der Waals surface area contributed by atoms with Gasteiger partial charge in [0.15, 0.2) is 0 Å². The third-order valence-electron chi connectivity index (χ3n) is 4.21. The van der Waals surface area contributed by atoms with Crippen LogP contribution in [0.1, 0.15) is 32.6 Å². The summed E-state index contributed by atoms with van der Waals surface area (Å²) in [4.78, 5) is 28.1. The van der Waals surface area contributed by atoms with E-state index in [0.29, 0.717) is 19.4 Å². The van der Waals surface area contributed by atoms with Crippen LogP contribution in [0.4, 0.5) is 5.69 Å². The first-order chi connectivity index (χ1) is 11.1. The van der Waals surface area contributed by atoms with Crippen LogP contribution < -0.4 is 4.90 Å². The molecular weight excluding hydrogens is 292 g/mol. The molecule has 0 aromatic heterocycles. The minimum absolute atomic E-state index is 0.105. The number of benzene rings is 1. The smallest absolute Gasteiger partial charge is 0.305 e. The van der Waals surface area contributed by atoms with Crippen LogP contribution in [0.15, 0.2) is 30.3 Å². The van der Waals surface area contributed by atoms with Gasteiger partial charge < -0.3 is 9.64 Å². The van der Waals surface area contributed by atoms with Gasteiger partial charge in [-0.1, -0.05) is 18.2 Å². The van der Waals surface area contributed by atoms with Crippen molar-refractivity contribution in [3.05, 3.63) is 30.3 Å². The zero-order valence-electron chi connectivity index (χ0n) is 14.0. The molecule has 0 N–H and O–H groups in total. The summed E-state index contributed by atoms with van der Waals surface area (Å²) in [5.74, 6) is -0.0112. The normalized spacial score (nSPS) is 18.3. The Bertz CT molecular complexity index is 518. The Hall–Kier alpha value is -1.88. The maximum atomic E-state index is 12.8. The molecule has 1 aliphatic rings. The van der Waals surface area contributed by atoms with E-state index >= 15 is 0 Å². The molecule has 0 spiro atoms. The molecule has 0 aliphatic carbocycles. The fourth-order valence-electron chi connectivity index (χ4n) is 2.99. The van der Waals surface area contributed by atoms with Gasteiger partial charge in [-0.05, 0) is 51.9 Å². The topological polar surface area (TPSA) is 49.9 Å². The second-order valence-electron chi connectivity index (χ2n) is 5.87. The Labute approximate surface area is 138 Å². The van der Waals surface area contributed by atoms with Crippen molar-refractivity contribution >= 4 is 17.6 Å². The van der Waals surface area contributed by atoms with Crippen LogP contribution in [-0.2, 0) is 14.3 Å². The van der Waals surface area contributed by atoms with Crippen molar-refractivity contribution in [2.45, 2.75) is 38.6 Å². The predicted octanol–water partition coefficient (Wildman–Crippen LogP) is 2.46. The van der Waals surface area contributed by atoms with Crippen LogP contribution in [0.3, 0.4) is 0 Å². The standard InChI is InChI=1S/C18H26N2O3/c1-3-23-17(21)12-8-13-19(2)16-11-7-14-20(18(16)22)15-9-5-4-6-10-15/h4-6,9-10,16H,3,7-8,11-14H2,1-2H3. The number of nitrogens with zero attached hydrogens (tertiary/aromatic N) is 2. The molecule has 126 valence electrons. The molecule has 1 aromatic rings. The molecule has 1 aromatic carbocycles. The van der Waals surface area contributed by atoms with Crippen molar-refractivity contribution in [2.75, 3.05) is 31.6 Å². The summed E-state index contributed by atoms with van der Waals surface area (Å²) in [6.07, 6.45) is 2.98. The fraction of sp³-hybridized carbons (Fsp3) is 0.556. The molecule has 1 amide bonds. The summed E-state index contributed by atoms with van der Waals surface area (Å²) in [7, 11) is 1.96. The zero-order chi connectivity index (χ0) is 16.7. The third kappa shape index (κ3) is 4.79. The summed E-state index contributed by atoms with van der Waals surface area (Å²) >= 11 is 0. The van der Waals surface area contributed by atoms with Crippen molar-refractivity contribution in [1.29, 1.82) is 0 Å². The van der Waals surface area contributed by atoms with Gasteiger partial charge in [0.1, 0.15) is 0 Å². The highest BCUT2D eigenvalue weighted by Crippen LogP contribution is 2.23. The second kappa shape index (κ2) is 8.67. The van der Waals surface area contributed by atoms with Crippen molar-refractivity contribution in [1.82, 2.24) is 4.90 Å². The number of anilines is 1. The molecule has 2 rings (SSSR count). The first kappa shape index (κ1) is 17.5. The predicted molar refractivity (Wildman–Crippen MR) is 90.3 cm³/mol. The lowest BCUT2D eigenvalue weighted by molar-refractivity contribution is -0.143. The number of likely N-dealkylation sites (N-methyl/N-ethyl adjacent to an activating group) is 1. The van der Waals surface area contributed by atoms with E-state index in [1.165, 1.54) is 0 Å². The van der Waals surface area contributed by atoms with Crippen LogP contribution in [-0.4, -0.2) is 49.6 Å². The Morgan fingerprint density at radius 1 is 1.35 bits per heavy atom. The quantitative estimate of drug-likeness (QED) is 0.725. The summed E-state index contributed by atoms with van der Waals surface area (Å²) in [5.41, 5.74) is 0.960. The van der Waals surface area contributed by atoms with E-state index in [-0.39, 0.29) is 17.9 Å². The maximum Gasteiger partial charge on any atom is 0.305 e. The molecule has 5 nitrogen and oxygen atoms in total. The number of piperidine rings is 1. The SMILES string of the molecule is CCOC(=O)CCCN(C)C1CCCN(c2ccccc2)C1=O. The van der Waals surface area contributed by atoms with Crippen molar-refractivity contribution in [2.24, 2.45) is 0 Å². The van der Waals surface area contributed by atoms with Crippen LogP contribution in [0.25, 0.3) is 0 Å². The number of carbonyl (C=O) groups is 2. The first-order valence-corrected chi connectivity index (χ1v) is 8.35. The van der Waals surface area contributed by atoms with E-state index in [2.05, 4.69) is 4.90 Å². The van der Waals surface area contributed by atoms with E-state index in [4.69, 9.17) is 4.74 Å². The van der Waals surface area contributed by atoms with E-state index in [0.717, 1.165) is 31.6 Å². The number of hydrogen-bond donors (Lipinski definition) is 0. The monoisotopic (exact) mass is 318 g/mol. The van der Waals surface area contributed by atoms with Crippen molar-refractivity contribution < 1.29 is 14.3 Å². The highest BCUT2D eigenvalue weighted by atomic mass is 16.5. The van der Waals surface area contributed by atoms with Gasteiger partial charge in [0, 0.05) is 18.7 Å². The number of para-hydroxylation sites is 1. The van der Waals surface area contributed by atoms with Crippen LogP contribution in [0.2, 0.25) is 0 Å².